The van der Waals surface area contributed by atoms with Crippen LogP contribution in [0.15, 0.2) is 0 Å². The van der Waals surface area contributed by atoms with Gasteiger partial charge in [0.05, 0.1) is 6.61 Å². The van der Waals surface area contributed by atoms with Gasteiger partial charge in [0.2, 0.25) is 0 Å². The highest BCUT2D eigenvalue weighted by atomic mass is 79.9. The van der Waals surface area contributed by atoms with E-state index in [1.54, 1.807) is 0 Å². The highest BCUT2D eigenvalue weighted by Crippen LogP contribution is 2.17. The molecule has 1 fully saturated rings. The molecule has 0 saturated carbocycles. The number of alkyl halides is 1. The van der Waals surface area contributed by atoms with Gasteiger partial charge in [0, 0.05) is 24.5 Å². The van der Waals surface area contributed by atoms with E-state index >= 15 is 0 Å². The summed E-state index contributed by atoms with van der Waals surface area (Å²) in [6.07, 6.45) is 5.48. The quantitative estimate of drug-likeness (QED) is 0.550. The van der Waals surface area contributed by atoms with Gasteiger partial charge in [-0.15, -0.1) is 0 Å². The molecule has 0 radical (unpaired) electrons. The molecular formula is C13H26BrNO. The third-order valence-corrected chi connectivity index (χ3v) is 3.90. The van der Waals surface area contributed by atoms with Crippen molar-refractivity contribution in [3.05, 3.63) is 0 Å². The van der Waals surface area contributed by atoms with Gasteiger partial charge < -0.3 is 4.74 Å². The molecule has 0 amide bonds. The van der Waals surface area contributed by atoms with E-state index in [1.807, 2.05) is 0 Å². The molecule has 2 nitrogen and oxygen atoms in total. The summed E-state index contributed by atoms with van der Waals surface area (Å²) >= 11 is 3.64. The Labute approximate surface area is 109 Å². The van der Waals surface area contributed by atoms with Crippen molar-refractivity contribution < 1.29 is 4.74 Å². The Morgan fingerprint density at radius 1 is 1.31 bits per heavy atom. The zero-order chi connectivity index (χ0) is 11.8. The van der Waals surface area contributed by atoms with Crippen molar-refractivity contribution in [1.29, 1.82) is 0 Å². The predicted molar refractivity (Wildman–Crippen MR) is 73.3 cm³/mol. The summed E-state index contributed by atoms with van der Waals surface area (Å²) in [5.41, 5.74) is 0. The lowest BCUT2D eigenvalue weighted by atomic mass is 10.1. The Morgan fingerprint density at radius 3 is 2.81 bits per heavy atom. The van der Waals surface area contributed by atoms with Crippen molar-refractivity contribution in [3.63, 3.8) is 0 Å². The molecule has 1 aliphatic rings. The Hall–Kier alpha value is 0.400. The van der Waals surface area contributed by atoms with Gasteiger partial charge in [-0.3, -0.25) is 4.90 Å². The second-order valence-electron chi connectivity index (χ2n) is 5.16. The van der Waals surface area contributed by atoms with Crippen LogP contribution >= 0.6 is 15.9 Å². The van der Waals surface area contributed by atoms with Crippen molar-refractivity contribution in [1.82, 2.24) is 4.90 Å². The van der Waals surface area contributed by atoms with Gasteiger partial charge in [0.1, 0.15) is 0 Å². The van der Waals surface area contributed by atoms with Crippen LogP contribution in [0.3, 0.4) is 0 Å². The lowest BCUT2D eigenvalue weighted by molar-refractivity contribution is 0.0761. The van der Waals surface area contributed by atoms with E-state index in [2.05, 4.69) is 34.7 Å². The van der Waals surface area contributed by atoms with Crippen LogP contribution in [0.25, 0.3) is 0 Å². The summed E-state index contributed by atoms with van der Waals surface area (Å²) in [5.74, 6) is 0.649. The standard InChI is InChI=1S/C13H26BrNO/c1-12(2)11-16-9-8-15-7-5-3-4-6-13(15)10-14/h12-13H,3-11H2,1-2H3. The van der Waals surface area contributed by atoms with E-state index in [-0.39, 0.29) is 0 Å². The van der Waals surface area contributed by atoms with Crippen LogP contribution in [-0.4, -0.2) is 42.6 Å². The fourth-order valence-corrected chi connectivity index (χ4v) is 2.94. The minimum Gasteiger partial charge on any atom is -0.380 e. The van der Waals surface area contributed by atoms with E-state index in [0.717, 1.165) is 31.1 Å². The molecule has 96 valence electrons. The SMILES string of the molecule is CC(C)COCCN1CCCCCC1CBr. The maximum Gasteiger partial charge on any atom is 0.0593 e. The first kappa shape index (κ1) is 14.5. The number of nitrogens with zero attached hydrogens (tertiary/aromatic N) is 1. The summed E-state index contributed by atoms with van der Waals surface area (Å²) in [4.78, 5) is 2.60. The lowest BCUT2D eigenvalue weighted by Crippen LogP contribution is -2.38. The molecule has 0 aromatic rings. The van der Waals surface area contributed by atoms with Gasteiger partial charge in [0.15, 0.2) is 0 Å². The predicted octanol–water partition coefficient (Wildman–Crippen LogP) is 3.30. The van der Waals surface area contributed by atoms with Crippen LogP contribution in [0.1, 0.15) is 39.5 Å². The summed E-state index contributed by atoms with van der Waals surface area (Å²) in [6.45, 7) is 8.54. The zero-order valence-corrected chi connectivity index (χ0v) is 12.3. The molecule has 1 heterocycles. The van der Waals surface area contributed by atoms with E-state index in [1.165, 1.54) is 32.2 Å². The average molecular weight is 292 g/mol. The van der Waals surface area contributed by atoms with Crippen molar-refractivity contribution in [2.24, 2.45) is 5.92 Å². The van der Waals surface area contributed by atoms with Crippen LogP contribution in [0, 0.1) is 5.92 Å². The highest BCUT2D eigenvalue weighted by molar-refractivity contribution is 9.09. The molecule has 1 unspecified atom stereocenters. The number of ether oxygens (including phenoxy) is 1. The summed E-state index contributed by atoms with van der Waals surface area (Å²) in [5, 5.41) is 1.11. The minimum atomic E-state index is 0.649. The van der Waals surface area contributed by atoms with Gasteiger partial charge in [-0.1, -0.05) is 42.6 Å². The summed E-state index contributed by atoms with van der Waals surface area (Å²) < 4.78 is 5.67. The topological polar surface area (TPSA) is 12.5 Å². The van der Waals surface area contributed by atoms with Crippen LogP contribution < -0.4 is 0 Å². The zero-order valence-electron chi connectivity index (χ0n) is 10.8. The van der Waals surface area contributed by atoms with E-state index < -0.39 is 0 Å². The van der Waals surface area contributed by atoms with Gasteiger partial charge in [-0.25, -0.2) is 0 Å². The van der Waals surface area contributed by atoms with E-state index in [4.69, 9.17) is 4.74 Å². The molecule has 0 aromatic carbocycles. The minimum absolute atomic E-state index is 0.649. The highest BCUT2D eigenvalue weighted by Gasteiger charge is 2.19. The molecule has 0 aliphatic carbocycles. The smallest absolute Gasteiger partial charge is 0.0593 e. The fourth-order valence-electron chi connectivity index (χ4n) is 2.21. The Kier molecular flexibility index (Phi) is 7.67. The van der Waals surface area contributed by atoms with Gasteiger partial charge in [-0.05, 0) is 25.3 Å². The lowest BCUT2D eigenvalue weighted by Gasteiger charge is -2.28. The first-order valence-corrected chi connectivity index (χ1v) is 7.74. The molecule has 1 atom stereocenters. The molecule has 1 saturated heterocycles. The fraction of sp³-hybridized carbons (Fsp3) is 1.00. The van der Waals surface area contributed by atoms with Crippen LogP contribution in [0.4, 0.5) is 0 Å². The first-order chi connectivity index (χ1) is 7.74. The number of hydrogen-bond donors (Lipinski definition) is 0. The molecule has 0 aromatic heterocycles. The van der Waals surface area contributed by atoms with Crippen molar-refractivity contribution in [3.8, 4) is 0 Å². The van der Waals surface area contributed by atoms with E-state index in [0.29, 0.717) is 5.92 Å². The molecule has 1 rings (SSSR count). The molecule has 0 N–H and O–H groups in total. The second-order valence-corrected chi connectivity index (χ2v) is 5.81. The third-order valence-electron chi connectivity index (χ3n) is 3.15. The van der Waals surface area contributed by atoms with Crippen LogP contribution in [-0.2, 0) is 4.74 Å². The Bertz CT molecular complexity index is 175. The molecular weight excluding hydrogens is 266 g/mol. The number of likely N-dealkylation sites (tertiary alicyclic amines) is 1. The number of halogens is 1. The second kappa shape index (κ2) is 8.48. The van der Waals surface area contributed by atoms with Crippen LogP contribution in [0.2, 0.25) is 0 Å². The largest absolute Gasteiger partial charge is 0.380 e. The molecule has 0 spiro atoms. The van der Waals surface area contributed by atoms with Crippen molar-refractivity contribution >= 4 is 15.9 Å². The maximum atomic E-state index is 5.67. The van der Waals surface area contributed by atoms with Crippen LogP contribution in [0.5, 0.6) is 0 Å². The van der Waals surface area contributed by atoms with Gasteiger partial charge in [-0.2, -0.15) is 0 Å². The first-order valence-electron chi connectivity index (χ1n) is 6.61. The molecule has 0 bridgehead atoms. The van der Waals surface area contributed by atoms with Gasteiger partial charge >= 0.3 is 0 Å². The molecule has 3 heteroatoms. The number of hydrogen-bond acceptors (Lipinski definition) is 2. The van der Waals surface area contributed by atoms with Crippen molar-refractivity contribution in [2.75, 3.05) is 31.6 Å². The number of rotatable bonds is 6. The van der Waals surface area contributed by atoms with Crippen molar-refractivity contribution in [2.45, 2.75) is 45.6 Å². The molecule has 1 aliphatic heterocycles. The maximum absolute atomic E-state index is 5.67. The third kappa shape index (κ3) is 5.65. The van der Waals surface area contributed by atoms with E-state index in [9.17, 15) is 0 Å². The van der Waals surface area contributed by atoms with Gasteiger partial charge in [0.25, 0.3) is 0 Å². The Balaban J connectivity index is 2.20. The molecule has 16 heavy (non-hydrogen) atoms. The summed E-state index contributed by atoms with van der Waals surface area (Å²) in [6, 6.07) is 0.727. The normalized spacial score (nSPS) is 23.6. The summed E-state index contributed by atoms with van der Waals surface area (Å²) in [7, 11) is 0. The Morgan fingerprint density at radius 2 is 2.12 bits per heavy atom. The average Bonchev–Trinajstić information content (AvgIpc) is 2.48. The monoisotopic (exact) mass is 291 g/mol.